The maximum Gasteiger partial charge on any atom is 0.324 e. The van der Waals surface area contributed by atoms with Gasteiger partial charge in [-0.1, -0.05) is 62.4 Å². The Bertz CT molecular complexity index is 1630. The van der Waals surface area contributed by atoms with Crippen LogP contribution in [-0.2, 0) is 19.6 Å². The number of rotatable bonds is 9. The molecule has 0 spiro atoms. The van der Waals surface area contributed by atoms with Crippen LogP contribution in [0.25, 0.3) is 22.2 Å². The molecule has 202 valence electrons. The lowest BCUT2D eigenvalue weighted by atomic mass is 10.0. The van der Waals surface area contributed by atoms with Crippen molar-refractivity contribution >= 4 is 32.7 Å². The lowest BCUT2D eigenvalue weighted by molar-refractivity contribution is -0.145. The molecular weight excluding hydrogens is 520 g/mol. The number of esters is 1. The van der Waals surface area contributed by atoms with Crippen molar-refractivity contribution < 1.29 is 32.2 Å². The number of nitrogens with one attached hydrogen (secondary N) is 2. The molecule has 10 heteroatoms. The Morgan fingerprint density at radius 3 is 2.38 bits per heavy atom. The highest BCUT2D eigenvalue weighted by atomic mass is 32.2. The first-order valence-corrected chi connectivity index (χ1v) is 14.0. The Morgan fingerprint density at radius 1 is 0.949 bits per heavy atom. The monoisotopic (exact) mass is 548 g/mol. The van der Waals surface area contributed by atoms with Gasteiger partial charge in [0, 0.05) is 17.0 Å². The van der Waals surface area contributed by atoms with Gasteiger partial charge in [0.1, 0.15) is 19.3 Å². The number of benzene rings is 3. The molecular formula is C29H28N2O7S. The number of H-pyrrole nitrogens is 1. The van der Waals surface area contributed by atoms with Crippen LogP contribution in [0, 0.1) is 5.92 Å². The summed E-state index contributed by atoms with van der Waals surface area (Å²) < 4.78 is 45.0. The van der Waals surface area contributed by atoms with Crippen LogP contribution < -0.4 is 14.2 Å². The van der Waals surface area contributed by atoms with E-state index in [-0.39, 0.29) is 4.90 Å². The van der Waals surface area contributed by atoms with Crippen molar-refractivity contribution in [3.05, 3.63) is 78.4 Å². The zero-order valence-electron chi connectivity index (χ0n) is 21.5. The topological polar surface area (TPSA) is 124 Å². The first-order chi connectivity index (χ1) is 18.7. The number of fused-ring (bicyclic) bond motifs is 2. The fourth-order valence-electron chi connectivity index (χ4n) is 4.43. The molecule has 1 aliphatic rings. The average molecular weight is 549 g/mol. The van der Waals surface area contributed by atoms with E-state index in [1.54, 1.807) is 13.8 Å². The highest BCUT2D eigenvalue weighted by molar-refractivity contribution is 7.89. The summed E-state index contributed by atoms with van der Waals surface area (Å²) in [5.74, 6) is -0.943. The fourth-order valence-corrected chi connectivity index (χ4v) is 5.78. The molecule has 0 aliphatic carbocycles. The number of para-hydroxylation sites is 1. The number of ketones is 1. The van der Waals surface area contributed by atoms with Gasteiger partial charge in [-0.05, 0) is 29.7 Å². The van der Waals surface area contributed by atoms with E-state index in [1.165, 1.54) is 18.2 Å². The van der Waals surface area contributed by atoms with Crippen molar-refractivity contribution in [1.82, 2.24) is 9.71 Å². The molecule has 3 aromatic carbocycles. The highest BCUT2D eigenvalue weighted by Gasteiger charge is 2.31. The molecule has 39 heavy (non-hydrogen) atoms. The van der Waals surface area contributed by atoms with E-state index in [4.69, 9.17) is 14.2 Å². The average Bonchev–Trinajstić information content (AvgIpc) is 3.34. The fraction of sp³-hybridized carbons (Fsp3) is 0.241. The Kier molecular flexibility index (Phi) is 7.40. The van der Waals surface area contributed by atoms with Gasteiger partial charge in [-0.15, -0.1) is 0 Å². The molecule has 0 amide bonds. The largest absolute Gasteiger partial charge is 0.486 e. The van der Waals surface area contributed by atoms with Crippen LogP contribution in [0.3, 0.4) is 0 Å². The van der Waals surface area contributed by atoms with Crippen LogP contribution in [0.15, 0.2) is 77.7 Å². The summed E-state index contributed by atoms with van der Waals surface area (Å²) in [6, 6.07) is 19.8. The lowest BCUT2D eigenvalue weighted by Gasteiger charge is -2.22. The van der Waals surface area contributed by atoms with Crippen LogP contribution in [0.5, 0.6) is 11.5 Å². The van der Waals surface area contributed by atoms with Gasteiger partial charge in [-0.2, -0.15) is 4.72 Å². The molecule has 0 saturated carbocycles. The summed E-state index contributed by atoms with van der Waals surface area (Å²) in [4.78, 5) is 29.7. The number of aromatic nitrogens is 1. The highest BCUT2D eigenvalue weighted by Crippen LogP contribution is 2.33. The number of hydrogen-bond acceptors (Lipinski definition) is 7. The maximum absolute atomic E-state index is 13.4. The van der Waals surface area contributed by atoms with Crippen LogP contribution in [0.1, 0.15) is 24.2 Å². The summed E-state index contributed by atoms with van der Waals surface area (Å²) >= 11 is 0. The van der Waals surface area contributed by atoms with E-state index in [9.17, 15) is 18.0 Å². The summed E-state index contributed by atoms with van der Waals surface area (Å²) in [6.45, 7) is 3.51. The second-order valence-corrected chi connectivity index (χ2v) is 11.2. The Hall–Kier alpha value is -4.15. The number of aromatic amines is 1. The number of ether oxygens (including phenoxy) is 3. The lowest BCUT2D eigenvalue weighted by Crippen LogP contribution is -2.45. The minimum absolute atomic E-state index is 0.0763. The van der Waals surface area contributed by atoms with E-state index < -0.39 is 40.3 Å². The number of Topliss-reactive ketones (excluding diaryl/α,β-unsaturated/α-hetero) is 1. The Labute approximate surface area is 226 Å². The number of sulfonamides is 1. The van der Waals surface area contributed by atoms with Crippen molar-refractivity contribution in [2.24, 2.45) is 5.92 Å². The van der Waals surface area contributed by atoms with Gasteiger partial charge in [0.15, 0.2) is 18.1 Å². The minimum atomic E-state index is -4.11. The summed E-state index contributed by atoms with van der Waals surface area (Å²) in [6.07, 6.45) is 0. The van der Waals surface area contributed by atoms with Crippen LogP contribution in [-0.4, -0.2) is 51.0 Å². The molecule has 1 aliphatic heterocycles. The third-order valence-electron chi connectivity index (χ3n) is 6.42. The van der Waals surface area contributed by atoms with Gasteiger partial charge in [0.05, 0.1) is 16.2 Å². The normalized spacial score (nSPS) is 13.8. The Balaban J connectivity index is 1.34. The molecule has 0 bridgehead atoms. The maximum atomic E-state index is 13.4. The van der Waals surface area contributed by atoms with Gasteiger partial charge >= 0.3 is 5.97 Å². The van der Waals surface area contributed by atoms with E-state index in [2.05, 4.69) is 9.71 Å². The van der Waals surface area contributed by atoms with Crippen molar-refractivity contribution in [3.8, 4) is 22.8 Å². The molecule has 9 nitrogen and oxygen atoms in total. The SMILES string of the molecule is CC(C)[C@H](NS(=O)(=O)c1ccc2c(c1)OCCO2)C(=O)OCC(=O)c1c(-c2ccccc2)[nH]c2ccccc12. The van der Waals surface area contributed by atoms with Crippen molar-refractivity contribution in [2.75, 3.05) is 19.8 Å². The van der Waals surface area contributed by atoms with Crippen LogP contribution in [0.2, 0.25) is 0 Å². The predicted molar refractivity (Wildman–Crippen MR) is 145 cm³/mol. The summed E-state index contributed by atoms with van der Waals surface area (Å²) in [5.41, 5.74) is 2.62. The van der Waals surface area contributed by atoms with Gasteiger partial charge in [0.25, 0.3) is 0 Å². The van der Waals surface area contributed by atoms with Crippen molar-refractivity contribution in [3.63, 3.8) is 0 Å². The molecule has 4 aromatic rings. The van der Waals surface area contributed by atoms with E-state index in [0.717, 1.165) is 11.1 Å². The molecule has 0 unspecified atom stereocenters. The van der Waals surface area contributed by atoms with Crippen molar-refractivity contribution in [2.45, 2.75) is 24.8 Å². The van der Waals surface area contributed by atoms with Gasteiger partial charge in [-0.25, -0.2) is 8.42 Å². The summed E-state index contributed by atoms with van der Waals surface area (Å²) in [7, 11) is -4.11. The minimum Gasteiger partial charge on any atom is -0.486 e. The van der Waals surface area contributed by atoms with Gasteiger partial charge in [0.2, 0.25) is 15.8 Å². The zero-order chi connectivity index (χ0) is 27.6. The first-order valence-electron chi connectivity index (χ1n) is 12.5. The van der Waals surface area contributed by atoms with Crippen LogP contribution >= 0.6 is 0 Å². The van der Waals surface area contributed by atoms with Gasteiger partial charge < -0.3 is 19.2 Å². The summed E-state index contributed by atoms with van der Waals surface area (Å²) in [5, 5.41) is 0.706. The van der Waals surface area contributed by atoms with Crippen LogP contribution in [0.4, 0.5) is 0 Å². The third-order valence-corrected chi connectivity index (χ3v) is 7.86. The van der Waals surface area contributed by atoms with Crippen molar-refractivity contribution in [1.29, 1.82) is 0 Å². The molecule has 0 saturated heterocycles. The second-order valence-electron chi connectivity index (χ2n) is 9.47. The zero-order valence-corrected chi connectivity index (χ0v) is 22.3. The molecule has 1 atom stereocenters. The number of carbonyl (C=O) groups is 2. The predicted octanol–water partition coefficient (Wildman–Crippen LogP) is 4.34. The molecule has 0 radical (unpaired) electrons. The molecule has 2 N–H and O–H groups in total. The first kappa shape index (κ1) is 26.5. The molecule has 1 aromatic heterocycles. The molecule has 2 heterocycles. The Morgan fingerprint density at radius 2 is 1.64 bits per heavy atom. The standard InChI is InChI=1S/C29H28N2O7S/c1-18(2)27(31-39(34,35)20-12-13-24-25(16-20)37-15-14-36-24)29(33)38-17-23(32)26-21-10-6-7-11-22(21)30-28(26)19-8-4-3-5-9-19/h3-13,16,18,27,30-31H,14-15,17H2,1-2H3/t27-/m0/s1. The molecule has 5 rings (SSSR count). The smallest absolute Gasteiger partial charge is 0.324 e. The number of hydrogen-bond donors (Lipinski definition) is 2. The van der Waals surface area contributed by atoms with E-state index >= 15 is 0 Å². The van der Waals surface area contributed by atoms with E-state index in [1.807, 2.05) is 54.6 Å². The number of carbonyl (C=O) groups excluding carboxylic acids is 2. The third kappa shape index (κ3) is 5.52. The van der Waals surface area contributed by atoms with E-state index in [0.29, 0.717) is 41.4 Å². The second kappa shape index (κ2) is 10.9. The van der Waals surface area contributed by atoms with Gasteiger partial charge in [-0.3, -0.25) is 9.59 Å². The quantitative estimate of drug-likeness (QED) is 0.236. The molecule has 0 fully saturated rings.